The SMILES string of the molecule is CSCC[C@H](NC(=O)[C@H](CCCN=C(N)N)NC(=O)[C@H](CCCN=C(N)N)NC(=O)CCNC(C)=O)C(=O)N[C@@H](CCCCN)C(=O)N[C@@H](Cc1c[nH]c2ccccc12)C(=O)N[C@@H](CCCCN)C(=O)N[C@@H](CCCCN)C(N)=O. The number of nitrogens with one attached hydrogen (secondary N) is 9. The van der Waals surface area contributed by atoms with Gasteiger partial charge in [0.15, 0.2) is 11.9 Å². The molecule has 0 aliphatic carbocycles. The van der Waals surface area contributed by atoms with Crippen molar-refractivity contribution >= 4 is 87.7 Å². The van der Waals surface area contributed by atoms with Crippen LogP contribution in [0.3, 0.4) is 0 Å². The van der Waals surface area contributed by atoms with Crippen molar-refractivity contribution in [1.29, 1.82) is 0 Å². The molecule has 0 aliphatic rings. The van der Waals surface area contributed by atoms with Crippen molar-refractivity contribution in [1.82, 2.24) is 47.5 Å². The normalized spacial score (nSPS) is 13.6. The molecular weight excluding hydrogens is 1050 g/mol. The average Bonchev–Trinajstić information content (AvgIpc) is 3.87. The van der Waals surface area contributed by atoms with E-state index < -0.39 is 89.6 Å². The van der Waals surface area contributed by atoms with Crippen LogP contribution in [-0.4, -0.2) is 164 Å². The number of unbranched alkanes of at least 4 members (excludes halogenated alkanes) is 3. The van der Waals surface area contributed by atoms with Crippen LogP contribution in [0.5, 0.6) is 0 Å². The number of thioether (sulfide) groups is 1. The van der Waals surface area contributed by atoms with Crippen LogP contribution in [-0.2, 0) is 49.6 Å². The van der Waals surface area contributed by atoms with Crippen molar-refractivity contribution in [3.8, 4) is 0 Å². The van der Waals surface area contributed by atoms with Crippen LogP contribution in [0, 0.1) is 0 Å². The molecule has 0 spiro atoms. The molecule has 2 rings (SSSR count). The number of benzene rings is 1. The van der Waals surface area contributed by atoms with Gasteiger partial charge in [0.05, 0.1) is 0 Å². The number of nitrogens with two attached hydrogens (primary N) is 8. The van der Waals surface area contributed by atoms with Crippen molar-refractivity contribution in [2.24, 2.45) is 55.9 Å². The number of aromatic amines is 1. The number of amides is 9. The molecule has 0 bridgehead atoms. The lowest BCUT2D eigenvalue weighted by Gasteiger charge is -2.28. The van der Waals surface area contributed by atoms with E-state index in [4.69, 9.17) is 45.9 Å². The van der Waals surface area contributed by atoms with Crippen molar-refractivity contribution in [2.45, 2.75) is 152 Å². The number of primary amides is 1. The summed E-state index contributed by atoms with van der Waals surface area (Å²) in [6.07, 6.45) is 7.15. The maximum absolute atomic E-state index is 14.7. The lowest BCUT2D eigenvalue weighted by atomic mass is 10.0. The molecule has 0 fully saturated rings. The zero-order chi connectivity index (χ0) is 59.4. The first-order valence-corrected chi connectivity index (χ1v) is 28.5. The Kier molecular flexibility index (Phi) is 33.7. The number of guanidine groups is 2. The second-order valence-corrected chi connectivity index (χ2v) is 20.2. The molecule has 9 amide bonds. The zero-order valence-corrected chi connectivity index (χ0v) is 47.1. The summed E-state index contributed by atoms with van der Waals surface area (Å²) >= 11 is 1.39. The quantitative estimate of drug-likeness (QED) is 0.0173. The molecule has 0 radical (unpaired) electrons. The maximum atomic E-state index is 14.7. The largest absolute Gasteiger partial charge is 0.370 e. The Balaban J connectivity index is 2.55. The number of carbonyl (C=O) groups excluding carboxylic acids is 9. The predicted octanol–water partition coefficient (Wildman–Crippen LogP) is -3.64. The molecule has 2 aromatic rings. The Morgan fingerprint density at radius 1 is 0.525 bits per heavy atom. The van der Waals surface area contributed by atoms with Gasteiger partial charge in [-0.2, -0.15) is 11.8 Å². The van der Waals surface area contributed by atoms with Gasteiger partial charge in [0.1, 0.15) is 42.3 Å². The molecule has 25 N–H and O–H groups in total. The third-order valence-corrected chi connectivity index (χ3v) is 13.3. The Labute approximate surface area is 472 Å². The number of hydrogen-bond donors (Lipinski definition) is 17. The molecule has 1 aromatic heterocycles. The summed E-state index contributed by atoms with van der Waals surface area (Å²) in [4.78, 5) is 134. The predicted molar refractivity (Wildman–Crippen MR) is 310 cm³/mol. The highest BCUT2D eigenvalue weighted by molar-refractivity contribution is 7.98. The van der Waals surface area contributed by atoms with Gasteiger partial charge < -0.3 is 93.4 Å². The Morgan fingerprint density at radius 2 is 0.925 bits per heavy atom. The van der Waals surface area contributed by atoms with Crippen molar-refractivity contribution in [3.63, 3.8) is 0 Å². The van der Waals surface area contributed by atoms with Crippen molar-refractivity contribution in [3.05, 3.63) is 36.0 Å². The molecule has 80 heavy (non-hydrogen) atoms. The molecule has 1 heterocycles. The van der Waals surface area contributed by atoms with Crippen LogP contribution in [0.4, 0.5) is 0 Å². The van der Waals surface area contributed by atoms with Gasteiger partial charge in [0.25, 0.3) is 0 Å². The average molecular weight is 1140 g/mol. The Bertz CT molecular complexity index is 2350. The number of aromatic nitrogens is 1. The number of aliphatic imine (C=N–C) groups is 2. The van der Waals surface area contributed by atoms with Gasteiger partial charge in [0, 0.05) is 56.5 Å². The first-order chi connectivity index (χ1) is 38.2. The third-order valence-electron chi connectivity index (χ3n) is 12.6. The minimum absolute atomic E-state index is 0.00364. The van der Waals surface area contributed by atoms with E-state index >= 15 is 0 Å². The van der Waals surface area contributed by atoms with E-state index in [0.717, 1.165) is 10.9 Å². The van der Waals surface area contributed by atoms with E-state index in [9.17, 15) is 43.2 Å². The van der Waals surface area contributed by atoms with E-state index in [1.165, 1.54) is 18.7 Å². The van der Waals surface area contributed by atoms with Gasteiger partial charge in [-0.15, -0.1) is 0 Å². The van der Waals surface area contributed by atoms with E-state index in [1.54, 1.807) is 12.5 Å². The van der Waals surface area contributed by atoms with Gasteiger partial charge in [0.2, 0.25) is 53.2 Å². The van der Waals surface area contributed by atoms with E-state index in [-0.39, 0.29) is 108 Å². The van der Waals surface area contributed by atoms with Gasteiger partial charge in [-0.25, -0.2) is 0 Å². The number of H-pyrrole nitrogens is 1. The fourth-order valence-corrected chi connectivity index (χ4v) is 8.80. The minimum Gasteiger partial charge on any atom is -0.370 e. The molecule has 1 aromatic carbocycles. The fourth-order valence-electron chi connectivity index (χ4n) is 8.33. The number of para-hydroxylation sites is 1. The van der Waals surface area contributed by atoms with Crippen LogP contribution in [0.1, 0.15) is 109 Å². The standard InChI is InChI=1S/C51H89N19O9S/c1-31(71)60-27-20-42(72)64-36(18-11-25-61-50(56)57)44(74)67-39(19-12-26-62-51(58)59)46(76)69-40(21-28-80-2)48(78)66-38(17-7-10-24-54)47(77)70-41(29-32-30-63-34-14-4-3-13-33(32)34)49(79)68-37(16-6-9-23-53)45(75)65-35(43(55)73)15-5-8-22-52/h3-4,13-14,30,35-41,63H,5-12,15-29,52-54H2,1-2H3,(H2,55,73)(H,60,71)(H,64,72)(H,65,75)(H,66,78)(H,67,74)(H,68,79)(H,69,76)(H,70,77)(H4,56,57,61)(H4,58,59,62)/t35-,36-,37-,38-,39-,40-,41-/m0/s1. The molecule has 0 saturated carbocycles. The summed E-state index contributed by atoms with van der Waals surface area (Å²) in [5.41, 5.74) is 46.4. The second-order valence-electron chi connectivity index (χ2n) is 19.2. The number of fused-ring (bicyclic) bond motifs is 1. The monoisotopic (exact) mass is 1140 g/mol. The molecule has 0 unspecified atom stereocenters. The molecule has 29 heteroatoms. The van der Waals surface area contributed by atoms with Crippen LogP contribution in [0.15, 0.2) is 40.4 Å². The van der Waals surface area contributed by atoms with Gasteiger partial charge in [-0.3, -0.25) is 53.1 Å². The molecule has 7 atom stereocenters. The third kappa shape index (κ3) is 27.6. The molecular formula is C51H89N19O9S. The van der Waals surface area contributed by atoms with Crippen LogP contribution < -0.4 is 88.4 Å². The summed E-state index contributed by atoms with van der Waals surface area (Å²) < 4.78 is 0. The van der Waals surface area contributed by atoms with E-state index in [0.29, 0.717) is 62.9 Å². The minimum atomic E-state index is -1.33. The summed E-state index contributed by atoms with van der Waals surface area (Å²) in [6, 6.07) is -1.21. The Morgan fingerprint density at radius 3 is 1.36 bits per heavy atom. The van der Waals surface area contributed by atoms with Crippen LogP contribution in [0.25, 0.3) is 10.9 Å². The first-order valence-electron chi connectivity index (χ1n) is 27.1. The summed E-state index contributed by atoms with van der Waals surface area (Å²) in [5, 5.41) is 22.5. The second kappa shape index (κ2) is 39.2. The summed E-state index contributed by atoms with van der Waals surface area (Å²) in [7, 11) is 0. The highest BCUT2D eigenvalue weighted by Gasteiger charge is 2.34. The number of carbonyl (C=O) groups is 9. The number of hydrogen-bond acceptors (Lipinski definition) is 15. The molecule has 0 saturated heterocycles. The Hall–Kier alpha value is -7.24. The molecule has 28 nitrogen and oxygen atoms in total. The maximum Gasteiger partial charge on any atom is 0.243 e. The van der Waals surface area contributed by atoms with Gasteiger partial charge >= 0.3 is 0 Å². The zero-order valence-electron chi connectivity index (χ0n) is 46.3. The summed E-state index contributed by atoms with van der Waals surface area (Å²) in [5.74, 6) is -6.09. The van der Waals surface area contributed by atoms with Crippen LogP contribution in [0.2, 0.25) is 0 Å². The van der Waals surface area contributed by atoms with E-state index in [2.05, 4.69) is 57.5 Å². The van der Waals surface area contributed by atoms with E-state index in [1.807, 2.05) is 24.3 Å². The van der Waals surface area contributed by atoms with Crippen LogP contribution >= 0.6 is 11.8 Å². The molecule has 0 aliphatic heterocycles. The first kappa shape index (κ1) is 68.9. The lowest BCUT2D eigenvalue weighted by molar-refractivity contribution is -0.136. The highest BCUT2D eigenvalue weighted by atomic mass is 32.2. The number of rotatable bonds is 42. The highest BCUT2D eigenvalue weighted by Crippen LogP contribution is 2.20. The van der Waals surface area contributed by atoms with Gasteiger partial charge in [-0.1, -0.05) is 18.2 Å². The smallest absolute Gasteiger partial charge is 0.243 e. The fraction of sp³-hybridized carbons (Fsp3) is 0.627. The topological polar surface area (TPSA) is 499 Å². The molecule has 448 valence electrons. The summed E-state index contributed by atoms with van der Waals surface area (Å²) in [6.45, 7) is 2.46. The van der Waals surface area contributed by atoms with Crippen molar-refractivity contribution < 1.29 is 43.2 Å². The lowest BCUT2D eigenvalue weighted by Crippen LogP contribution is -2.60. The van der Waals surface area contributed by atoms with Gasteiger partial charge in [-0.05, 0) is 133 Å². The van der Waals surface area contributed by atoms with Crippen molar-refractivity contribution in [2.75, 3.05) is 51.3 Å². The number of nitrogens with zero attached hydrogens (tertiary/aromatic N) is 2.